The van der Waals surface area contributed by atoms with Crippen LogP contribution in [0.2, 0.25) is 0 Å². The van der Waals surface area contributed by atoms with Gasteiger partial charge >= 0.3 is 5.97 Å². The van der Waals surface area contributed by atoms with E-state index in [9.17, 15) is 9.18 Å². The highest BCUT2D eigenvalue weighted by molar-refractivity contribution is 5.87. The highest BCUT2D eigenvalue weighted by Gasteiger charge is 2.02. The molecule has 0 bridgehead atoms. The molecule has 0 aromatic heterocycles. The van der Waals surface area contributed by atoms with Gasteiger partial charge in [0.2, 0.25) is 0 Å². The molecule has 4 heteroatoms. The molecule has 2 aromatic carbocycles. The van der Waals surface area contributed by atoms with E-state index < -0.39 is 5.97 Å². The summed E-state index contributed by atoms with van der Waals surface area (Å²) < 4.78 is 12.7. The van der Waals surface area contributed by atoms with Crippen molar-refractivity contribution in [3.05, 3.63) is 71.0 Å². The highest BCUT2D eigenvalue weighted by Crippen LogP contribution is 2.06. The topological polar surface area (TPSA) is 49.3 Å². The van der Waals surface area contributed by atoms with E-state index in [2.05, 4.69) is 5.32 Å². The van der Waals surface area contributed by atoms with Crippen molar-refractivity contribution in [2.45, 2.75) is 13.1 Å². The van der Waals surface area contributed by atoms with E-state index in [-0.39, 0.29) is 11.4 Å². The van der Waals surface area contributed by atoms with Gasteiger partial charge in [0.05, 0.1) is 5.56 Å². The third-order valence-corrected chi connectivity index (χ3v) is 2.75. The maximum Gasteiger partial charge on any atom is 0.335 e. The van der Waals surface area contributed by atoms with Crippen LogP contribution >= 0.6 is 0 Å². The fourth-order valence-corrected chi connectivity index (χ4v) is 1.77. The molecule has 98 valence electrons. The van der Waals surface area contributed by atoms with E-state index >= 15 is 0 Å². The second kappa shape index (κ2) is 6.11. The first-order valence-electron chi connectivity index (χ1n) is 5.92. The van der Waals surface area contributed by atoms with Crippen LogP contribution < -0.4 is 5.32 Å². The second-order valence-corrected chi connectivity index (χ2v) is 4.24. The van der Waals surface area contributed by atoms with E-state index in [4.69, 9.17) is 5.11 Å². The number of halogens is 1. The van der Waals surface area contributed by atoms with Crippen LogP contribution in [0.25, 0.3) is 0 Å². The minimum absolute atomic E-state index is 0.252. The monoisotopic (exact) mass is 259 g/mol. The summed E-state index contributed by atoms with van der Waals surface area (Å²) in [6.07, 6.45) is 0. The van der Waals surface area contributed by atoms with Crippen LogP contribution in [0.1, 0.15) is 21.5 Å². The molecule has 0 fully saturated rings. The van der Waals surface area contributed by atoms with E-state index in [1.165, 1.54) is 12.1 Å². The lowest BCUT2D eigenvalue weighted by atomic mass is 10.1. The first kappa shape index (κ1) is 13.2. The van der Waals surface area contributed by atoms with E-state index in [0.29, 0.717) is 13.1 Å². The molecule has 2 aromatic rings. The Morgan fingerprint density at radius 2 is 1.74 bits per heavy atom. The van der Waals surface area contributed by atoms with Crippen LogP contribution in [-0.2, 0) is 13.1 Å². The zero-order valence-electron chi connectivity index (χ0n) is 10.3. The van der Waals surface area contributed by atoms with Gasteiger partial charge in [-0.15, -0.1) is 0 Å². The first-order chi connectivity index (χ1) is 9.15. The highest BCUT2D eigenvalue weighted by atomic mass is 19.1. The van der Waals surface area contributed by atoms with Gasteiger partial charge in [-0.05, 0) is 35.4 Å². The van der Waals surface area contributed by atoms with Gasteiger partial charge in [-0.2, -0.15) is 0 Å². The molecule has 0 saturated heterocycles. The number of carboxylic acid groups (broad SMARTS) is 1. The molecule has 0 saturated carbocycles. The maximum atomic E-state index is 12.7. The quantitative estimate of drug-likeness (QED) is 0.868. The number of carbonyl (C=O) groups is 1. The van der Waals surface area contributed by atoms with Crippen molar-refractivity contribution in [1.29, 1.82) is 0 Å². The summed E-state index contributed by atoms with van der Waals surface area (Å²) in [6.45, 7) is 1.18. The summed E-state index contributed by atoms with van der Waals surface area (Å²) in [5.41, 5.74) is 2.17. The first-order valence-corrected chi connectivity index (χ1v) is 5.92. The molecule has 0 spiro atoms. The van der Waals surface area contributed by atoms with Gasteiger partial charge in [0.1, 0.15) is 5.82 Å². The number of benzene rings is 2. The fourth-order valence-electron chi connectivity index (χ4n) is 1.77. The van der Waals surface area contributed by atoms with Gasteiger partial charge in [0, 0.05) is 13.1 Å². The Bertz CT molecular complexity index is 567. The van der Waals surface area contributed by atoms with Gasteiger partial charge in [-0.3, -0.25) is 0 Å². The average molecular weight is 259 g/mol. The smallest absolute Gasteiger partial charge is 0.335 e. The number of hydrogen-bond acceptors (Lipinski definition) is 2. The lowest BCUT2D eigenvalue weighted by Crippen LogP contribution is -2.13. The fraction of sp³-hybridized carbons (Fsp3) is 0.133. The normalized spacial score (nSPS) is 10.4. The maximum absolute atomic E-state index is 12.7. The molecule has 0 unspecified atom stereocenters. The third kappa shape index (κ3) is 3.89. The summed E-state index contributed by atoms with van der Waals surface area (Å²) in [5, 5.41) is 12.1. The lowest BCUT2D eigenvalue weighted by Gasteiger charge is -2.06. The molecule has 19 heavy (non-hydrogen) atoms. The molecule has 0 radical (unpaired) electrons. The van der Waals surface area contributed by atoms with Crippen molar-refractivity contribution < 1.29 is 14.3 Å². The summed E-state index contributed by atoms with van der Waals surface area (Å²) in [6, 6.07) is 13.1. The van der Waals surface area contributed by atoms with Gasteiger partial charge < -0.3 is 10.4 Å². The molecule has 2 rings (SSSR count). The Hall–Kier alpha value is -2.20. The van der Waals surface area contributed by atoms with Crippen LogP contribution in [0.3, 0.4) is 0 Å². The largest absolute Gasteiger partial charge is 0.478 e. The number of carboxylic acids is 1. The van der Waals surface area contributed by atoms with Crippen molar-refractivity contribution in [3.63, 3.8) is 0 Å². The van der Waals surface area contributed by atoms with Crippen LogP contribution in [0.4, 0.5) is 4.39 Å². The SMILES string of the molecule is O=C(O)c1cccc(CNCc2ccc(F)cc2)c1. The zero-order valence-corrected chi connectivity index (χ0v) is 10.3. The number of rotatable bonds is 5. The van der Waals surface area contributed by atoms with Crippen molar-refractivity contribution in [2.75, 3.05) is 0 Å². The number of hydrogen-bond donors (Lipinski definition) is 2. The molecule has 0 aliphatic carbocycles. The molecule has 0 aliphatic rings. The minimum Gasteiger partial charge on any atom is -0.478 e. The van der Waals surface area contributed by atoms with Crippen molar-refractivity contribution >= 4 is 5.97 Å². The molecular weight excluding hydrogens is 245 g/mol. The van der Waals surface area contributed by atoms with Gasteiger partial charge in [-0.25, -0.2) is 9.18 Å². The Balaban J connectivity index is 1.90. The molecule has 0 heterocycles. The van der Waals surface area contributed by atoms with Crippen molar-refractivity contribution in [3.8, 4) is 0 Å². The lowest BCUT2D eigenvalue weighted by molar-refractivity contribution is 0.0696. The summed E-state index contributed by atoms with van der Waals surface area (Å²) in [4.78, 5) is 10.8. The Kier molecular flexibility index (Phi) is 4.26. The van der Waals surface area contributed by atoms with Gasteiger partial charge in [0.15, 0.2) is 0 Å². The minimum atomic E-state index is -0.930. The predicted molar refractivity (Wildman–Crippen MR) is 70.3 cm³/mol. The molecular formula is C15H14FNO2. The van der Waals surface area contributed by atoms with Gasteiger partial charge in [-0.1, -0.05) is 24.3 Å². The zero-order chi connectivity index (χ0) is 13.7. The Morgan fingerprint density at radius 3 is 2.42 bits per heavy atom. The number of nitrogens with one attached hydrogen (secondary N) is 1. The molecule has 0 aliphatic heterocycles. The van der Waals surface area contributed by atoms with Crippen molar-refractivity contribution in [1.82, 2.24) is 5.32 Å². The standard InChI is InChI=1S/C15H14FNO2/c16-14-6-4-11(5-7-14)9-17-10-12-2-1-3-13(8-12)15(18)19/h1-8,17H,9-10H2,(H,18,19). The second-order valence-electron chi connectivity index (χ2n) is 4.24. The van der Waals surface area contributed by atoms with Crippen LogP contribution in [0.5, 0.6) is 0 Å². The van der Waals surface area contributed by atoms with Crippen molar-refractivity contribution in [2.24, 2.45) is 0 Å². The Labute approximate surface area is 110 Å². The van der Waals surface area contributed by atoms with E-state index in [1.54, 1.807) is 30.3 Å². The molecule has 0 atom stereocenters. The number of aromatic carboxylic acids is 1. The van der Waals surface area contributed by atoms with E-state index in [0.717, 1.165) is 11.1 Å². The summed E-state index contributed by atoms with van der Waals surface area (Å²) in [5.74, 6) is -1.18. The molecule has 2 N–H and O–H groups in total. The van der Waals surface area contributed by atoms with E-state index in [1.807, 2.05) is 6.07 Å². The molecule has 0 amide bonds. The van der Waals surface area contributed by atoms with Crippen LogP contribution in [0, 0.1) is 5.82 Å². The Morgan fingerprint density at radius 1 is 1.05 bits per heavy atom. The summed E-state index contributed by atoms with van der Waals surface area (Å²) in [7, 11) is 0. The van der Waals surface area contributed by atoms with Gasteiger partial charge in [0.25, 0.3) is 0 Å². The average Bonchev–Trinajstić information content (AvgIpc) is 2.41. The summed E-state index contributed by atoms with van der Waals surface area (Å²) >= 11 is 0. The van der Waals surface area contributed by atoms with Crippen LogP contribution in [-0.4, -0.2) is 11.1 Å². The third-order valence-electron chi connectivity index (χ3n) is 2.75. The predicted octanol–water partition coefficient (Wildman–Crippen LogP) is 2.81. The van der Waals surface area contributed by atoms with Crippen LogP contribution in [0.15, 0.2) is 48.5 Å². The molecule has 3 nitrogen and oxygen atoms in total.